The summed E-state index contributed by atoms with van der Waals surface area (Å²) >= 11 is 1.47. The highest BCUT2D eigenvalue weighted by molar-refractivity contribution is 7.14. The predicted octanol–water partition coefficient (Wildman–Crippen LogP) is 5.00. The maximum atomic E-state index is 13.0. The summed E-state index contributed by atoms with van der Waals surface area (Å²) in [5.74, 6) is -0.158. The van der Waals surface area contributed by atoms with E-state index in [1.54, 1.807) is 12.4 Å². The summed E-state index contributed by atoms with van der Waals surface area (Å²) in [5.41, 5.74) is 11.0. The fourth-order valence-corrected chi connectivity index (χ4v) is 5.21. The average Bonchev–Trinajstić information content (AvgIpc) is 3.60. The van der Waals surface area contributed by atoms with Crippen LogP contribution in [0.5, 0.6) is 0 Å². The van der Waals surface area contributed by atoms with Gasteiger partial charge in [-0.3, -0.25) is 15.1 Å². The molecule has 3 N–H and O–H groups in total. The minimum atomic E-state index is -0.158. The van der Waals surface area contributed by atoms with Crippen molar-refractivity contribution < 1.29 is 4.79 Å². The van der Waals surface area contributed by atoms with Crippen molar-refractivity contribution in [2.75, 3.05) is 16.8 Å². The van der Waals surface area contributed by atoms with Crippen molar-refractivity contribution in [3.63, 3.8) is 0 Å². The van der Waals surface area contributed by atoms with E-state index in [0.29, 0.717) is 17.4 Å². The lowest BCUT2D eigenvalue weighted by molar-refractivity contribution is 0.101. The molecule has 1 fully saturated rings. The molecule has 2 atom stereocenters. The maximum absolute atomic E-state index is 13.0. The van der Waals surface area contributed by atoms with E-state index in [1.165, 1.54) is 17.0 Å². The fraction of sp³-hybridized carbons (Fsp3) is 0.269. The second-order valence-corrected chi connectivity index (χ2v) is 9.50. The normalized spacial score (nSPS) is 16.5. The number of pyridine rings is 1. The lowest BCUT2D eigenvalue weighted by Gasteiger charge is -2.26. The SMILES string of the molecule is C[C@H](N)c1ccc(N2CCCC2c2csc(NC(=O)c3cccn3Cc3ccncc3)n2)cc1. The number of aromatic nitrogens is 3. The Morgan fingerprint density at radius 3 is 2.76 bits per heavy atom. The number of nitrogens with two attached hydrogens (primary N) is 1. The smallest absolute Gasteiger partial charge is 0.274 e. The Morgan fingerprint density at radius 1 is 1.21 bits per heavy atom. The summed E-state index contributed by atoms with van der Waals surface area (Å²) in [6.45, 7) is 3.60. The zero-order valence-electron chi connectivity index (χ0n) is 19.1. The Balaban J connectivity index is 1.28. The molecule has 1 unspecified atom stereocenters. The molecule has 174 valence electrons. The molecule has 0 spiro atoms. The molecule has 7 nitrogen and oxygen atoms in total. The molecule has 0 saturated carbocycles. The molecule has 5 rings (SSSR count). The summed E-state index contributed by atoms with van der Waals surface area (Å²) < 4.78 is 1.93. The first kappa shape index (κ1) is 22.3. The fourth-order valence-electron chi connectivity index (χ4n) is 4.45. The summed E-state index contributed by atoms with van der Waals surface area (Å²) in [6, 6.07) is 16.3. The summed E-state index contributed by atoms with van der Waals surface area (Å²) in [6.07, 6.45) is 7.59. The van der Waals surface area contributed by atoms with Gasteiger partial charge in [-0.05, 0) is 67.3 Å². The number of hydrogen-bond donors (Lipinski definition) is 2. The van der Waals surface area contributed by atoms with Crippen LogP contribution < -0.4 is 16.0 Å². The van der Waals surface area contributed by atoms with Gasteiger partial charge in [0.05, 0.1) is 11.7 Å². The Labute approximate surface area is 203 Å². The summed E-state index contributed by atoms with van der Waals surface area (Å²) in [5, 5.41) is 5.67. The first-order chi connectivity index (χ1) is 16.6. The molecule has 0 aliphatic carbocycles. The van der Waals surface area contributed by atoms with Crippen molar-refractivity contribution in [3.05, 3.63) is 95.0 Å². The average molecular weight is 473 g/mol. The molecule has 1 aliphatic heterocycles. The van der Waals surface area contributed by atoms with E-state index in [2.05, 4.69) is 44.8 Å². The molecule has 1 aromatic carbocycles. The molecular weight excluding hydrogens is 444 g/mol. The number of rotatable bonds is 7. The van der Waals surface area contributed by atoms with Gasteiger partial charge in [0.2, 0.25) is 0 Å². The van der Waals surface area contributed by atoms with Gasteiger partial charge in [0.25, 0.3) is 5.91 Å². The van der Waals surface area contributed by atoms with Crippen molar-refractivity contribution in [2.24, 2.45) is 5.73 Å². The monoisotopic (exact) mass is 472 g/mol. The Hall–Kier alpha value is -3.49. The van der Waals surface area contributed by atoms with Crippen molar-refractivity contribution in [3.8, 4) is 0 Å². The van der Waals surface area contributed by atoms with Crippen molar-refractivity contribution in [2.45, 2.75) is 38.4 Å². The number of nitrogens with zero attached hydrogens (tertiary/aromatic N) is 4. The number of anilines is 2. The molecule has 1 saturated heterocycles. The number of amides is 1. The molecule has 1 aliphatic rings. The van der Waals surface area contributed by atoms with Gasteiger partial charge < -0.3 is 15.2 Å². The van der Waals surface area contributed by atoms with Crippen molar-refractivity contribution in [1.29, 1.82) is 0 Å². The van der Waals surface area contributed by atoms with Crippen LogP contribution in [0.4, 0.5) is 10.8 Å². The highest BCUT2D eigenvalue weighted by Gasteiger charge is 2.28. The Bertz CT molecular complexity index is 1250. The van der Waals surface area contributed by atoms with E-state index in [4.69, 9.17) is 10.7 Å². The lowest BCUT2D eigenvalue weighted by Crippen LogP contribution is -2.23. The number of carbonyl (C=O) groups is 1. The first-order valence-corrected chi connectivity index (χ1v) is 12.4. The van der Waals surface area contributed by atoms with Gasteiger partial charge in [0, 0.05) is 48.8 Å². The maximum Gasteiger partial charge on any atom is 0.274 e. The van der Waals surface area contributed by atoms with E-state index in [9.17, 15) is 4.79 Å². The van der Waals surface area contributed by atoms with E-state index in [0.717, 1.165) is 36.2 Å². The number of carbonyl (C=O) groups excluding carboxylic acids is 1. The van der Waals surface area contributed by atoms with E-state index >= 15 is 0 Å². The van der Waals surface area contributed by atoms with Gasteiger partial charge in [-0.2, -0.15) is 0 Å². The van der Waals surface area contributed by atoms with Crippen molar-refractivity contribution >= 4 is 28.1 Å². The highest BCUT2D eigenvalue weighted by Crippen LogP contribution is 2.37. The molecule has 1 amide bonds. The molecule has 3 aromatic heterocycles. The van der Waals surface area contributed by atoms with Gasteiger partial charge in [-0.15, -0.1) is 11.3 Å². The quantitative estimate of drug-likeness (QED) is 0.395. The molecule has 0 radical (unpaired) electrons. The summed E-state index contributed by atoms with van der Waals surface area (Å²) in [7, 11) is 0. The van der Waals surface area contributed by atoms with Gasteiger partial charge in [0.15, 0.2) is 5.13 Å². The zero-order chi connectivity index (χ0) is 23.5. The van der Waals surface area contributed by atoms with Crippen LogP contribution in [0.25, 0.3) is 0 Å². The van der Waals surface area contributed by atoms with Crippen LogP contribution in [0.15, 0.2) is 72.5 Å². The molecule has 34 heavy (non-hydrogen) atoms. The second kappa shape index (κ2) is 9.79. The first-order valence-electron chi connectivity index (χ1n) is 11.5. The third kappa shape index (κ3) is 4.73. The minimum Gasteiger partial charge on any atom is -0.363 e. The zero-order valence-corrected chi connectivity index (χ0v) is 19.9. The van der Waals surface area contributed by atoms with Gasteiger partial charge in [0.1, 0.15) is 5.69 Å². The van der Waals surface area contributed by atoms with E-state index < -0.39 is 0 Å². The van der Waals surface area contributed by atoms with Crippen LogP contribution in [0.1, 0.15) is 59.2 Å². The van der Waals surface area contributed by atoms with Crippen LogP contribution in [0.2, 0.25) is 0 Å². The summed E-state index contributed by atoms with van der Waals surface area (Å²) in [4.78, 5) is 24.2. The molecule has 8 heteroatoms. The Kier molecular flexibility index (Phi) is 6.42. The molecule has 4 aromatic rings. The molecule has 4 heterocycles. The third-order valence-electron chi connectivity index (χ3n) is 6.25. The molecular formula is C26H28N6OS. The predicted molar refractivity (Wildman–Crippen MR) is 136 cm³/mol. The van der Waals surface area contributed by atoms with Crippen LogP contribution in [-0.4, -0.2) is 27.0 Å². The van der Waals surface area contributed by atoms with Crippen molar-refractivity contribution in [1.82, 2.24) is 14.5 Å². The number of benzene rings is 1. The van der Waals surface area contributed by atoms with Crippen LogP contribution in [-0.2, 0) is 6.54 Å². The highest BCUT2D eigenvalue weighted by atomic mass is 32.1. The van der Waals surface area contributed by atoms with E-state index in [1.807, 2.05) is 42.0 Å². The topological polar surface area (TPSA) is 89.1 Å². The Morgan fingerprint density at radius 2 is 2.00 bits per heavy atom. The number of nitrogens with one attached hydrogen (secondary N) is 1. The second-order valence-electron chi connectivity index (χ2n) is 8.64. The van der Waals surface area contributed by atoms with Gasteiger partial charge in [-0.25, -0.2) is 4.98 Å². The van der Waals surface area contributed by atoms with Crippen LogP contribution in [0.3, 0.4) is 0 Å². The largest absolute Gasteiger partial charge is 0.363 e. The minimum absolute atomic E-state index is 0.0268. The van der Waals surface area contributed by atoms with Crippen LogP contribution >= 0.6 is 11.3 Å². The third-order valence-corrected chi connectivity index (χ3v) is 7.03. The van der Waals surface area contributed by atoms with Crippen LogP contribution in [0, 0.1) is 0 Å². The van der Waals surface area contributed by atoms with E-state index in [-0.39, 0.29) is 18.0 Å². The number of hydrogen-bond acceptors (Lipinski definition) is 6. The number of thiazole rings is 1. The standard InChI is InChI=1S/C26H28N6OS/c1-18(27)20-6-8-21(9-7-20)32-15-3-4-23(32)22-17-34-26(29-22)30-25(33)24-5-2-14-31(24)16-19-10-12-28-13-11-19/h2,5-14,17-18,23H,3-4,15-16,27H2,1H3,(H,29,30,33)/t18-,23?/m0/s1. The van der Waals surface area contributed by atoms with Gasteiger partial charge >= 0.3 is 0 Å². The lowest BCUT2D eigenvalue weighted by atomic mass is 10.1. The van der Waals surface area contributed by atoms with Gasteiger partial charge in [-0.1, -0.05) is 12.1 Å². The molecule has 0 bridgehead atoms.